The van der Waals surface area contributed by atoms with Crippen molar-refractivity contribution >= 4 is 17.4 Å². The summed E-state index contributed by atoms with van der Waals surface area (Å²) in [7, 11) is 0. The summed E-state index contributed by atoms with van der Waals surface area (Å²) in [4.78, 5) is 23.9. The lowest BCUT2D eigenvalue weighted by Crippen LogP contribution is -2.18. The zero-order valence-corrected chi connectivity index (χ0v) is 12.0. The number of carbonyl (C=O) groups is 2. The molecule has 1 aliphatic rings. The van der Waals surface area contributed by atoms with Crippen molar-refractivity contribution in [3.05, 3.63) is 53.9 Å². The summed E-state index contributed by atoms with van der Waals surface area (Å²) in [6.07, 6.45) is 5.54. The lowest BCUT2D eigenvalue weighted by atomic mass is 10.1. The number of hydrogen-bond acceptors (Lipinski definition) is 2. The van der Waals surface area contributed by atoms with Crippen molar-refractivity contribution in [1.82, 2.24) is 4.57 Å². The third kappa shape index (κ3) is 3.40. The summed E-state index contributed by atoms with van der Waals surface area (Å²) in [6.45, 7) is 2.20. The van der Waals surface area contributed by atoms with Crippen LogP contribution >= 0.6 is 0 Å². The average Bonchev–Trinajstić information content (AvgIpc) is 3.18. The molecule has 0 unspecified atom stereocenters. The SMILES string of the molecule is Cc1cccc(NC(=O)Cn2ccc(C(=O)C3CC3)c2)c1. The number of Topliss-reactive ketones (excluding diaryl/α,β-unsaturated/α-hetero) is 1. The number of nitrogens with zero attached hydrogens (tertiary/aromatic N) is 1. The molecular formula is C17H18N2O2. The van der Waals surface area contributed by atoms with Gasteiger partial charge in [-0.15, -0.1) is 0 Å². The molecule has 1 amide bonds. The maximum atomic E-state index is 12.0. The first-order valence-corrected chi connectivity index (χ1v) is 7.18. The summed E-state index contributed by atoms with van der Waals surface area (Å²) in [5.41, 5.74) is 2.60. The molecule has 0 atom stereocenters. The van der Waals surface area contributed by atoms with Gasteiger partial charge in [-0.2, -0.15) is 0 Å². The number of hydrogen-bond donors (Lipinski definition) is 1. The van der Waals surface area contributed by atoms with E-state index < -0.39 is 0 Å². The third-order valence-electron chi connectivity index (χ3n) is 3.61. The van der Waals surface area contributed by atoms with Crippen molar-refractivity contribution in [3.63, 3.8) is 0 Å². The van der Waals surface area contributed by atoms with E-state index in [1.54, 1.807) is 23.0 Å². The predicted octanol–water partition coefficient (Wildman–Crippen LogP) is 3.03. The molecule has 0 spiro atoms. The maximum Gasteiger partial charge on any atom is 0.244 e. The number of aryl methyl sites for hydroxylation is 1. The van der Waals surface area contributed by atoms with E-state index in [1.807, 2.05) is 31.2 Å². The van der Waals surface area contributed by atoms with Gasteiger partial charge >= 0.3 is 0 Å². The standard InChI is InChI=1S/C17H18N2O2/c1-12-3-2-4-15(9-12)18-16(20)11-19-8-7-14(10-19)17(21)13-5-6-13/h2-4,7-10,13H,5-6,11H2,1H3,(H,18,20). The molecular weight excluding hydrogens is 264 g/mol. The number of carbonyl (C=O) groups excluding carboxylic acids is 2. The van der Waals surface area contributed by atoms with Gasteiger partial charge in [0.05, 0.1) is 0 Å². The van der Waals surface area contributed by atoms with Crippen LogP contribution in [-0.4, -0.2) is 16.3 Å². The summed E-state index contributed by atoms with van der Waals surface area (Å²) in [5.74, 6) is 0.316. The molecule has 4 heteroatoms. The first-order valence-electron chi connectivity index (χ1n) is 7.18. The Morgan fingerprint density at radius 1 is 1.29 bits per heavy atom. The van der Waals surface area contributed by atoms with Crippen LogP contribution in [0.5, 0.6) is 0 Å². The number of rotatable bonds is 5. The summed E-state index contributed by atoms with van der Waals surface area (Å²) in [6, 6.07) is 9.48. The van der Waals surface area contributed by atoms with Gasteiger partial charge < -0.3 is 9.88 Å². The lowest BCUT2D eigenvalue weighted by molar-refractivity contribution is -0.116. The first kappa shape index (κ1) is 13.6. The summed E-state index contributed by atoms with van der Waals surface area (Å²) < 4.78 is 1.75. The van der Waals surface area contributed by atoms with Gasteiger partial charge in [0.2, 0.25) is 5.91 Å². The Hall–Kier alpha value is -2.36. The van der Waals surface area contributed by atoms with Crippen molar-refractivity contribution < 1.29 is 9.59 Å². The second-order valence-electron chi connectivity index (χ2n) is 5.63. The molecule has 1 fully saturated rings. The van der Waals surface area contributed by atoms with Crippen LogP contribution in [0, 0.1) is 12.8 Å². The van der Waals surface area contributed by atoms with Crippen molar-refractivity contribution in [3.8, 4) is 0 Å². The summed E-state index contributed by atoms with van der Waals surface area (Å²) >= 11 is 0. The fourth-order valence-electron chi connectivity index (χ4n) is 2.36. The molecule has 1 saturated carbocycles. The van der Waals surface area contributed by atoms with Crippen molar-refractivity contribution in [2.24, 2.45) is 5.92 Å². The number of amides is 1. The van der Waals surface area contributed by atoms with Gasteiger partial charge in [0, 0.05) is 29.6 Å². The topological polar surface area (TPSA) is 51.1 Å². The normalized spacial score (nSPS) is 14.0. The maximum absolute atomic E-state index is 12.0. The molecule has 1 aromatic heterocycles. The van der Waals surface area contributed by atoms with Crippen LogP contribution in [0.4, 0.5) is 5.69 Å². The van der Waals surface area contributed by atoms with Crippen molar-refractivity contribution in [2.75, 3.05) is 5.32 Å². The highest BCUT2D eigenvalue weighted by atomic mass is 16.2. The van der Waals surface area contributed by atoms with Crippen LogP contribution in [0.2, 0.25) is 0 Å². The highest BCUT2D eigenvalue weighted by Gasteiger charge is 2.30. The lowest BCUT2D eigenvalue weighted by Gasteiger charge is -2.06. The van der Waals surface area contributed by atoms with Gasteiger partial charge in [0.25, 0.3) is 0 Å². The molecule has 1 heterocycles. The van der Waals surface area contributed by atoms with E-state index in [9.17, 15) is 9.59 Å². The fraction of sp³-hybridized carbons (Fsp3) is 0.294. The third-order valence-corrected chi connectivity index (χ3v) is 3.61. The van der Waals surface area contributed by atoms with Gasteiger partial charge in [0.15, 0.2) is 5.78 Å². The minimum absolute atomic E-state index is 0.0957. The fourth-order valence-corrected chi connectivity index (χ4v) is 2.36. The molecule has 21 heavy (non-hydrogen) atoms. The second kappa shape index (κ2) is 5.56. The Balaban J connectivity index is 1.61. The Morgan fingerprint density at radius 2 is 2.10 bits per heavy atom. The molecule has 0 radical (unpaired) electrons. The van der Waals surface area contributed by atoms with E-state index in [1.165, 1.54) is 0 Å². The van der Waals surface area contributed by atoms with E-state index in [2.05, 4.69) is 5.32 Å². The van der Waals surface area contributed by atoms with Crippen LogP contribution < -0.4 is 5.32 Å². The van der Waals surface area contributed by atoms with Crippen LogP contribution in [-0.2, 0) is 11.3 Å². The molecule has 108 valence electrons. The molecule has 0 saturated heterocycles. The van der Waals surface area contributed by atoms with Gasteiger partial charge in [-0.1, -0.05) is 12.1 Å². The highest BCUT2D eigenvalue weighted by molar-refractivity contribution is 5.99. The molecule has 1 N–H and O–H groups in total. The second-order valence-corrected chi connectivity index (χ2v) is 5.63. The van der Waals surface area contributed by atoms with Crippen molar-refractivity contribution in [2.45, 2.75) is 26.3 Å². The summed E-state index contributed by atoms with van der Waals surface area (Å²) in [5, 5.41) is 2.86. The van der Waals surface area contributed by atoms with E-state index in [0.717, 1.165) is 24.1 Å². The van der Waals surface area contributed by atoms with Gasteiger partial charge in [-0.3, -0.25) is 9.59 Å². The zero-order chi connectivity index (χ0) is 14.8. The molecule has 0 bridgehead atoms. The first-order chi connectivity index (χ1) is 10.1. The Bertz CT molecular complexity index is 684. The number of nitrogens with one attached hydrogen (secondary N) is 1. The molecule has 0 aliphatic heterocycles. The molecule has 1 aliphatic carbocycles. The van der Waals surface area contributed by atoms with Gasteiger partial charge in [-0.05, 0) is 43.5 Å². The molecule has 1 aromatic carbocycles. The van der Waals surface area contributed by atoms with E-state index >= 15 is 0 Å². The van der Waals surface area contributed by atoms with E-state index in [4.69, 9.17) is 0 Å². The zero-order valence-electron chi connectivity index (χ0n) is 12.0. The average molecular weight is 282 g/mol. The predicted molar refractivity (Wildman–Crippen MR) is 81.3 cm³/mol. The molecule has 4 nitrogen and oxygen atoms in total. The van der Waals surface area contributed by atoms with Crippen LogP contribution in [0.3, 0.4) is 0 Å². The van der Waals surface area contributed by atoms with Crippen LogP contribution in [0.15, 0.2) is 42.7 Å². The van der Waals surface area contributed by atoms with Gasteiger partial charge in [0.1, 0.15) is 6.54 Å². The Labute approximate surface area is 123 Å². The minimum Gasteiger partial charge on any atom is -0.344 e. The minimum atomic E-state index is -0.0957. The van der Waals surface area contributed by atoms with Gasteiger partial charge in [-0.25, -0.2) is 0 Å². The monoisotopic (exact) mass is 282 g/mol. The largest absolute Gasteiger partial charge is 0.344 e. The number of benzene rings is 1. The smallest absolute Gasteiger partial charge is 0.244 e. The quantitative estimate of drug-likeness (QED) is 0.857. The number of ketones is 1. The van der Waals surface area contributed by atoms with Crippen molar-refractivity contribution in [1.29, 1.82) is 0 Å². The van der Waals surface area contributed by atoms with E-state index in [-0.39, 0.29) is 24.2 Å². The number of aromatic nitrogens is 1. The van der Waals surface area contributed by atoms with E-state index in [0.29, 0.717) is 5.56 Å². The Kier molecular flexibility index (Phi) is 3.60. The molecule has 3 rings (SSSR count). The highest BCUT2D eigenvalue weighted by Crippen LogP contribution is 2.32. The molecule has 2 aromatic rings. The Morgan fingerprint density at radius 3 is 2.81 bits per heavy atom. The van der Waals surface area contributed by atoms with Crippen LogP contribution in [0.25, 0.3) is 0 Å². The number of anilines is 1. The van der Waals surface area contributed by atoms with Crippen LogP contribution in [0.1, 0.15) is 28.8 Å².